The Hall–Kier alpha value is -1.77. The van der Waals surface area contributed by atoms with Crippen LogP contribution in [-0.2, 0) is 4.79 Å². The maximum absolute atomic E-state index is 10.5. The highest BCUT2D eigenvalue weighted by Crippen LogP contribution is 2.30. The van der Waals surface area contributed by atoms with E-state index in [2.05, 4.69) is 0 Å². The lowest BCUT2D eigenvalue weighted by Crippen LogP contribution is -2.00. The fourth-order valence-corrected chi connectivity index (χ4v) is 1.58. The molecule has 1 aromatic rings. The SMILES string of the molecule is Cc1ccc(OCC2CC2)c(C=CC(=O)O)c1. The number of carbonyl (C=O) groups is 1. The van der Waals surface area contributed by atoms with Gasteiger partial charge < -0.3 is 9.84 Å². The Kier molecular flexibility index (Phi) is 3.47. The molecular weight excluding hydrogens is 216 g/mol. The molecule has 1 saturated carbocycles. The van der Waals surface area contributed by atoms with Gasteiger partial charge in [0.1, 0.15) is 5.75 Å². The first kappa shape index (κ1) is 11.7. The van der Waals surface area contributed by atoms with Crippen molar-refractivity contribution in [2.45, 2.75) is 19.8 Å². The molecule has 0 heterocycles. The van der Waals surface area contributed by atoms with Crippen LogP contribution in [0.3, 0.4) is 0 Å². The predicted molar refractivity (Wildman–Crippen MR) is 66.1 cm³/mol. The van der Waals surface area contributed by atoms with Crippen LogP contribution < -0.4 is 4.74 Å². The Morgan fingerprint density at radius 1 is 1.53 bits per heavy atom. The molecule has 0 saturated heterocycles. The van der Waals surface area contributed by atoms with Gasteiger partial charge in [-0.1, -0.05) is 11.6 Å². The lowest BCUT2D eigenvalue weighted by molar-refractivity contribution is -0.131. The van der Waals surface area contributed by atoms with E-state index in [4.69, 9.17) is 9.84 Å². The zero-order valence-electron chi connectivity index (χ0n) is 9.85. The van der Waals surface area contributed by atoms with E-state index in [1.165, 1.54) is 12.8 Å². The van der Waals surface area contributed by atoms with Crippen molar-refractivity contribution in [2.75, 3.05) is 6.61 Å². The van der Waals surface area contributed by atoms with Gasteiger partial charge in [-0.05, 0) is 43.9 Å². The van der Waals surface area contributed by atoms with E-state index in [1.807, 2.05) is 25.1 Å². The minimum absolute atomic E-state index is 0.688. The summed E-state index contributed by atoms with van der Waals surface area (Å²) in [5.74, 6) is 0.507. The second-order valence-electron chi connectivity index (χ2n) is 4.47. The number of hydrogen-bond acceptors (Lipinski definition) is 2. The number of rotatable bonds is 5. The van der Waals surface area contributed by atoms with Gasteiger partial charge in [0.15, 0.2) is 0 Å². The molecule has 0 spiro atoms. The van der Waals surface area contributed by atoms with Crippen molar-refractivity contribution in [1.29, 1.82) is 0 Å². The van der Waals surface area contributed by atoms with E-state index >= 15 is 0 Å². The third-order valence-corrected chi connectivity index (χ3v) is 2.74. The van der Waals surface area contributed by atoms with E-state index in [0.717, 1.165) is 29.6 Å². The van der Waals surface area contributed by atoms with E-state index < -0.39 is 5.97 Å². The third kappa shape index (κ3) is 3.63. The molecule has 3 nitrogen and oxygen atoms in total. The standard InChI is InChI=1S/C14H16O3/c1-10-2-6-13(17-9-11-3-4-11)12(8-10)5-7-14(15)16/h2,5-8,11H,3-4,9H2,1H3,(H,15,16). The fraction of sp³-hybridized carbons (Fsp3) is 0.357. The molecule has 0 bridgehead atoms. The van der Waals surface area contributed by atoms with Gasteiger partial charge in [-0.15, -0.1) is 0 Å². The Balaban J connectivity index is 2.13. The summed E-state index contributed by atoms with van der Waals surface area (Å²) >= 11 is 0. The van der Waals surface area contributed by atoms with E-state index in [0.29, 0.717) is 5.92 Å². The van der Waals surface area contributed by atoms with Gasteiger partial charge in [-0.2, -0.15) is 0 Å². The number of carboxylic acid groups (broad SMARTS) is 1. The number of ether oxygens (including phenoxy) is 1. The zero-order valence-corrected chi connectivity index (χ0v) is 9.85. The number of aliphatic carboxylic acids is 1. The van der Waals surface area contributed by atoms with Crippen molar-refractivity contribution < 1.29 is 14.6 Å². The van der Waals surface area contributed by atoms with Crippen LogP contribution in [-0.4, -0.2) is 17.7 Å². The van der Waals surface area contributed by atoms with Crippen molar-refractivity contribution in [3.63, 3.8) is 0 Å². The monoisotopic (exact) mass is 232 g/mol. The van der Waals surface area contributed by atoms with Crippen LogP contribution in [0.15, 0.2) is 24.3 Å². The summed E-state index contributed by atoms with van der Waals surface area (Å²) in [7, 11) is 0. The molecule has 0 aliphatic heterocycles. The molecule has 0 atom stereocenters. The summed E-state index contributed by atoms with van der Waals surface area (Å²) in [6.45, 7) is 2.71. The van der Waals surface area contributed by atoms with E-state index in [-0.39, 0.29) is 0 Å². The lowest BCUT2D eigenvalue weighted by Gasteiger charge is -2.09. The smallest absolute Gasteiger partial charge is 0.328 e. The molecule has 3 heteroatoms. The number of carboxylic acids is 1. The van der Waals surface area contributed by atoms with Crippen molar-refractivity contribution in [1.82, 2.24) is 0 Å². The maximum Gasteiger partial charge on any atom is 0.328 e. The average Bonchev–Trinajstić information content (AvgIpc) is 3.09. The Bertz CT molecular complexity index is 445. The largest absolute Gasteiger partial charge is 0.493 e. The summed E-state index contributed by atoms with van der Waals surface area (Å²) in [5.41, 5.74) is 1.92. The van der Waals surface area contributed by atoms with Gasteiger partial charge in [-0.25, -0.2) is 4.79 Å². The first-order chi connectivity index (χ1) is 8.15. The van der Waals surface area contributed by atoms with Crippen molar-refractivity contribution in [3.05, 3.63) is 35.4 Å². The topological polar surface area (TPSA) is 46.5 Å². The summed E-state index contributed by atoms with van der Waals surface area (Å²) in [6.07, 6.45) is 5.20. The Morgan fingerprint density at radius 3 is 2.94 bits per heavy atom. The van der Waals surface area contributed by atoms with Crippen molar-refractivity contribution in [2.24, 2.45) is 5.92 Å². The van der Waals surface area contributed by atoms with E-state index in [1.54, 1.807) is 6.08 Å². The molecule has 1 aromatic carbocycles. The lowest BCUT2D eigenvalue weighted by atomic mass is 10.1. The summed E-state index contributed by atoms with van der Waals surface area (Å²) in [5, 5.41) is 8.64. The molecule has 1 N–H and O–H groups in total. The molecule has 1 aliphatic carbocycles. The minimum atomic E-state index is -0.945. The summed E-state index contributed by atoms with van der Waals surface area (Å²) in [4.78, 5) is 10.5. The summed E-state index contributed by atoms with van der Waals surface area (Å²) in [6, 6.07) is 5.81. The Morgan fingerprint density at radius 2 is 2.29 bits per heavy atom. The van der Waals surface area contributed by atoms with Crippen LogP contribution in [0, 0.1) is 12.8 Å². The van der Waals surface area contributed by atoms with Gasteiger partial charge in [0, 0.05) is 11.6 Å². The molecule has 0 radical (unpaired) electrons. The van der Waals surface area contributed by atoms with Gasteiger partial charge in [0.05, 0.1) is 6.61 Å². The van der Waals surface area contributed by atoms with Gasteiger partial charge >= 0.3 is 5.97 Å². The van der Waals surface area contributed by atoms with Crippen LogP contribution in [0.5, 0.6) is 5.75 Å². The number of benzene rings is 1. The van der Waals surface area contributed by atoms with E-state index in [9.17, 15) is 4.79 Å². The molecule has 1 aliphatic rings. The number of hydrogen-bond donors (Lipinski definition) is 1. The molecular formula is C14H16O3. The zero-order chi connectivity index (χ0) is 12.3. The second kappa shape index (κ2) is 5.04. The van der Waals surface area contributed by atoms with Crippen LogP contribution in [0.4, 0.5) is 0 Å². The molecule has 0 aromatic heterocycles. The molecule has 1 fully saturated rings. The van der Waals surface area contributed by atoms with Crippen LogP contribution in [0.2, 0.25) is 0 Å². The first-order valence-electron chi connectivity index (χ1n) is 5.79. The normalized spacial score (nSPS) is 15.1. The van der Waals surface area contributed by atoms with Gasteiger partial charge in [-0.3, -0.25) is 0 Å². The molecule has 2 rings (SSSR count). The highest BCUT2D eigenvalue weighted by molar-refractivity contribution is 5.85. The van der Waals surface area contributed by atoms with Crippen molar-refractivity contribution in [3.8, 4) is 5.75 Å². The molecule has 17 heavy (non-hydrogen) atoms. The predicted octanol–water partition coefficient (Wildman–Crippen LogP) is 2.88. The molecule has 0 unspecified atom stereocenters. The highest BCUT2D eigenvalue weighted by Gasteiger charge is 2.22. The van der Waals surface area contributed by atoms with Crippen LogP contribution in [0.1, 0.15) is 24.0 Å². The second-order valence-corrected chi connectivity index (χ2v) is 4.47. The average molecular weight is 232 g/mol. The third-order valence-electron chi connectivity index (χ3n) is 2.74. The highest BCUT2D eigenvalue weighted by atomic mass is 16.5. The van der Waals surface area contributed by atoms with Gasteiger partial charge in [0.25, 0.3) is 0 Å². The fourth-order valence-electron chi connectivity index (χ4n) is 1.58. The Labute approximate surface area is 101 Å². The quantitative estimate of drug-likeness (QED) is 0.794. The van der Waals surface area contributed by atoms with Gasteiger partial charge in [0.2, 0.25) is 0 Å². The van der Waals surface area contributed by atoms with Crippen molar-refractivity contribution >= 4 is 12.0 Å². The maximum atomic E-state index is 10.5. The van der Waals surface area contributed by atoms with Crippen LogP contribution >= 0.6 is 0 Å². The summed E-state index contributed by atoms with van der Waals surface area (Å²) < 4.78 is 5.70. The van der Waals surface area contributed by atoms with Crippen LogP contribution in [0.25, 0.3) is 6.08 Å². The molecule has 0 amide bonds. The first-order valence-corrected chi connectivity index (χ1v) is 5.79. The molecule has 90 valence electrons. The number of aryl methyl sites for hydroxylation is 1. The minimum Gasteiger partial charge on any atom is -0.493 e.